The summed E-state index contributed by atoms with van der Waals surface area (Å²) in [5.41, 5.74) is 2.33. The van der Waals surface area contributed by atoms with Crippen LogP contribution in [0.3, 0.4) is 0 Å². The Bertz CT molecular complexity index is 815. The number of nitrogens with zero attached hydrogens (tertiary/aromatic N) is 3. The molecule has 0 spiro atoms. The van der Waals surface area contributed by atoms with Gasteiger partial charge in [-0.25, -0.2) is 9.98 Å². The maximum absolute atomic E-state index is 11.8. The molecule has 156 valence electrons. The standard InChI is InChI=1S/C22H31N5OS/c1-3-19-15-25-20(29-19)11-12-24-22(23-4-2)26-14-17-7-9-18(10-8-17)16-27-13-5-6-21(27)28/h7-10,15H,3-6,11-14,16H2,1-2H3,(H2,23,24,26). The van der Waals surface area contributed by atoms with E-state index in [1.807, 2.05) is 11.1 Å². The van der Waals surface area contributed by atoms with Gasteiger partial charge in [0.15, 0.2) is 5.96 Å². The maximum atomic E-state index is 11.8. The summed E-state index contributed by atoms with van der Waals surface area (Å²) in [5, 5.41) is 7.85. The Morgan fingerprint density at radius 3 is 2.66 bits per heavy atom. The van der Waals surface area contributed by atoms with Crippen molar-refractivity contribution in [3.05, 3.63) is 51.5 Å². The first-order valence-electron chi connectivity index (χ1n) is 10.5. The van der Waals surface area contributed by atoms with E-state index < -0.39 is 0 Å². The number of amides is 1. The number of likely N-dealkylation sites (tertiary alicyclic amines) is 1. The second-order valence-electron chi connectivity index (χ2n) is 7.18. The molecule has 2 heterocycles. The first kappa shape index (κ1) is 21.3. The lowest BCUT2D eigenvalue weighted by atomic mass is 10.1. The van der Waals surface area contributed by atoms with Crippen molar-refractivity contribution in [1.82, 2.24) is 20.5 Å². The molecule has 2 aromatic rings. The van der Waals surface area contributed by atoms with E-state index >= 15 is 0 Å². The maximum Gasteiger partial charge on any atom is 0.222 e. The molecule has 1 aromatic carbocycles. The van der Waals surface area contributed by atoms with Gasteiger partial charge in [0.2, 0.25) is 5.91 Å². The number of thiazole rings is 1. The molecule has 7 heteroatoms. The molecule has 0 radical (unpaired) electrons. The number of carbonyl (C=O) groups excluding carboxylic acids is 1. The van der Waals surface area contributed by atoms with Crippen LogP contribution in [0.1, 0.15) is 47.7 Å². The molecular weight excluding hydrogens is 382 g/mol. The summed E-state index contributed by atoms with van der Waals surface area (Å²) in [7, 11) is 0. The average Bonchev–Trinajstić information content (AvgIpc) is 3.36. The van der Waals surface area contributed by atoms with Crippen LogP contribution in [0.25, 0.3) is 0 Å². The molecule has 29 heavy (non-hydrogen) atoms. The number of aryl methyl sites for hydroxylation is 1. The van der Waals surface area contributed by atoms with Gasteiger partial charge in [0.1, 0.15) is 0 Å². The van der Waals surface area contributed by atoms with E-state index in [0.717, 1.165) is 55.4 Å². The highest BCUT2D eigenvalue weighted by Crippen LogP contribution is 2.15. The van der Waals surface area contributed by atoms with Crippen molar-refractivity contribution in [2.75, 3.05) is 19.6 Å². The Labute approximate surface area is 177 Å². The fourth-order valence-electron chi connectivity index (χ4n) is 3.27. The first-order chi connectivity index (χ1) is 14.2. The van der Waals surface area contributed by atoms with Crippen LogP contribution >= 0.6 is 11.3 Å². The molecule has 0 atom stereocenters. The number of guanidine groups is 1. The predicted molar refractivity (Wildman–Crippen MR) is 119 cm³/mol. The average molecular weight is 414 g/mol. The Morgan fingerprint density at radius 1 is 1.21 bits per heavy atom. The molecule has 1 saturated heterocycles. The van der Waals surface area contributed by atoms with E-state index in [-0.39, 0.29) is 5.91 Å². The number of hydrogen-bond acceptors (Lipinski definition) is 4. The van der Waals surface area contributed by atoms with Crippen LogP contribution in [0, 0.1) is 0 Å². The molecule has 0 saturated carbocycles. The van der Waals surface area contributed by atoms with Crippen LogP contribution in [0.15, 0.2) is 35.5 Å². The highest BCUT2D eigenvalue weighted by molar-refractivity contribution is 7.11. The third kappa shape index (κ3) is 6.56. The normalized spacial score (nSPS) is 14.5. The second kappa shape index (κ2) is 11.0. The first-order valence-corrected chi connectivity index (χ1v) is 11.3. The van der Waals surface area contributed by atoms with E-state index in [0.29, 0.717) is 19.5 Å². The molecule has 0 aliphatic carbocycles. The van der Waals surface area contributed by atoms with Gasteiger partial charge in [0.25, 0.3) is 0 Å². The van der Waals surface area contributed by atoms with Gasteiger partial charge in [-0.2, -0.15) is 0 Å². The summed E-state index contributed by atoms with van der Waals surface area (Å²) in [5.74, 6) is 1.09. The van der Waals surface area contributed by atoms with E-state index in [9.17, 15) is 4.79 Å². The molecule has 2 N–H and O–H groups in total. The third-order valence-corrected chi connectivity index (χ3v) is 6.11. The SMILES string of the molecule is CCNC(=NCc1ccc(CN2CCCC2=O)cc1)NCCc1ncc(CC)s1. The number of hydrogen-bond donors (Lipinski definition) is 2. The minimum Gasteiger partial charge on any atom is -0.357 e. The minimum atomic E-state index is 0.267. The van der Waals surface area contributed by atoms with Crippen molar-refractivity contribution in [3.63, 3.8) is 0 Å². The van der Waals surface area contributed by atoms with Crippen molar-refractivity contribution in [2.24, 2.45) is 4.99 Å². The van der Waals surface area contributed by atoms with Gasteiger partial charge >= 0.3 is 0 Å². The Balaban J connectivity index is 1.48. The molecule has 1 amide bonds. The van der Waals surface area contributed by atoms with Gasteiger partial charge in [0, 0.05) is 50.1 Å². The lowest BCUT2D eigenvalue weighted by molar-refractivity contribution is -0.128. The lowest BCUT2D eigenvalue weighted by Gasteiger charge is -2.15. The number of nitrogens with one attached hydrogen (secondary N) is 2. The number of carbonyl (C=O) groups is 1. The van der Waals surface area contributed by atoms with Crippen molar-refractivity contribution < 1.29 is 4.79 Å². The monoisotopic (exact) mass is 413 g/mol. The number of benzene rings is 1. The number of aliphatic imine (C=N–C) groups is 1. The summed E-state index contributed by atoms with van der Waals surface area (Å²) >= 11 is 1.78. The van der Waals surface area contributed by atoms with Crippen LogP contribution in [0.5, 0.6) is 0 Å². The Kier molecular flexibility index (Phi) is 8.04. The fourth-order valence-corrected chi connectivity index (χ4v) is 4.13. The van der Waals surface area contributed by atoms with E-state index in [1.54, 1.807) is 11.3 Å². The molecule has 6 nitrogen and oxygen atoms in total. The molecule has 1 aliphatic rings. The minimum absolute atomic E-state index is 0.267. The van der Waals surface area contributed by atoms with Crippen LogP contribution < -0.4 is 10.6 Å². The number of rotatable bonds is 9. The second-order valence-corrected chi connectivity index (χ2v) is 8.38. The Morgan fingerprint density at radius 2 is 2.00 bits per heavy atom. The predicted octanol–water partition coefficient (Wildman–Crippen LogP) is 3.13. The van der Waals surface area contributed by atoms with Crippen LogP contribution in [0.2, 0.25) is 0 Å². The van der Waals surface area contributed by atoms with Crippen molar-refractivity contribution >= 4 is 23.2 Å². The summed E-state index contributed by atoms with van der Waals surface area (Å²) in [6.07, 6.45) is 5.59. The largest absolute Gasteiger partial charge is 0.357 e. The highest BCUT2D eigenvalue weighted by atomic mass is 32.1. The summed E-state index contributed by atoms with van der Waals surface area (Å²) in [6, 6.07) is 8.41. The molecule has 3 rings (SSSR count). The Hall–Kier alpha value is -2.41. The van der Waals surface area contributed by atoms with Gasteiger partial charge in [-0.05, 0) is 30.9 Å². The summed E-state index contributed by atoms with van der Waals surface area (Å²) < 4.78 is 0. The fraction of sp³-hybridized carbons (Fsp3) is 0.500. The van der Waals surface area contributed by atoms with Crippen molar-refractivity contribution in [3.8, 4) is 0 Å². The van der Waals surface area contributed by atoms with Crippen molar-refractivity contribution in [1.29, 1.82) is 0 Å². The summed E-state index contributed by atoms with van der Waals surface area (Å²) in [6.45, 7) is 8.07. The van der Waals surface area contributed by atoms with Gasteiger partial charge in [-0.3, -0.25) is 4.79 Å². The van der Waals surface area contributed by atoms with E-state index in [4.69, 9.17) is 4.99 Å². The van der Waals surface area contributed by atoms with Gasteiger partial charge in [-0.15, -0.1) is 11.3 Å². The van der Waals surface area contributed by atoms with Crippen molar-refractivity contribution in [2.45, 2.75) is 52.6 Å². The van der Waals surface area contributed by atoms with E-state index in [2.05, 4.69) is 53.7 Å². The van der Waals surface area contributed by atoms with Gasteiger partial charge in [0.05, 0.1) is 11.6 Å². The summed E-state index contributed by atoms with van der Waals surface area (Å²) in [4.78, 5) is 24.2. The lowest BCUT2D eigenvalue weighted by Crippen LogP contribution is -2.38. The molecule has 1 aromatic heterocycles. The highest BCUT2D eigenvalue weighted by Gasteiger charge is 2.19. The van der Waals surface area contributed by atoms with Gasteiger partial charge in [-0.1, -0.05) is 31.2 Å². The van der Waals surface area contributed by atoms with E-state index in [1.165, 1.54) is 10.4 Å². The zero-order chi connectivity index (χ0) is 20.5. The molecule has 0 bridgehead atoms. The topological polar surface area (TPSA) is 69.6 Å². The smallest absolute Gasteiger partial charge is 0.222 e. The van der Waals surface area contributed by atoms with Gasteiger partial charge < -0.3 is 15.5 Å². The zero-order valence-electron chi connectivity index (χ0n) is 17.4. The van der Waals surface area contributed by atoms with Crippen LogP contribution in [0.4, 0.5) is 0 Å². The third-order valence-electron chi connectivity index (χ3n) is 4.91. The molecule has 1 aliphatic heterocycles. The number of aromatic nitrogens is 1. The quantitative estimate of drug-likeness (QED) is 0.490. The van der Waals surface area contributed by atoms with Crippen LogP contribution in [-0.2, 0) is 30.7 Å². The molecule has 0 unspecified atom stereocenters. The molecule has 1 fully saturated rings. The molecular formula is C22H31N5OS. The van der Waals surface area contributed by atoms with Crippen LogP contribution in [-0.4, -0.2) is 41.4 Å². The zero-order valence-corrected chi connectivity index (χ0v) is 18.2.